The second kappa shape index (κ2) is 12.9. The number of aliphatic carboxylic acids is 1. The second-order valence-electron chi connectivity index (χ2n) is 20.2. The maximum Gasteiger partial charge on any atom is 0.310 e. The maximum absolute atomic E-state index is 13.0. The first-order valence-electron chi connectivity index (χ1n) is 20.1. The number of aliphatic hydroxyl groups excluding tert-OH is 5. The fourth-order valence-corrected chi connectivity index (χ4v) is 13.3. The molecule has 0 amide bonds. The molecular formula is C41H66O11. The van der Waals surface area contributed by atoms with Crippen LogP contribution in [0.15, 0.2) is 11.6 Å². The van der Waals surface area contributed by atoms with Gasteiger partial charge in [0.05, 0.1) is 24.2 Å². The van der Waals surface area contributed by atoms with Crippen molar-refractivity contribution >= 4 is 5.97 Å². The van der Waals surface area contributed by atoms with Gasteiger partial charge in [0.1, 0.15) is 36.6 Å². The van der Waals surface area contributed by atoms with Crippen LogP contribution in [0, 0.1) is 50.2 Å². The lowest BCUT2D eigenvalue weighted by Crippen LogP contribution is -2.66. The lowest BCUT2D eigenvalue weighted by molar-refractivity contribution is -0.364. The summed E-state index contributed by atoms with van der Waals surface area (Å²) in [6.45, 7) is 18.1. The van der Waals surface area contributed by atoms with Gasteiger partial charge in [0.15, 0.2) is 12.6 Å². The molecule has 2 aliphatic heterocycles. The molecule has 0 aromatic rings. The van der Waals surface area contributed by atoms with E-state index in [0.717, 1.165) is 64.2 Å². The van der Waals surface area contributed by atoms with Gasteiger partial charge in [0.2, 0.25) is 0 Å². The Kier molecular flexibility index (Phi) is 9.74. The number of ether oxygens (including phenoxy) is 4. The van der Waals surface area contributed by atoms with Crippen LogP contribution < -0.4 is 0 Å². The minimum atomic E-state index is -1.58. The molecule has 0 aromatic carbocycles. The molecule has 7 aliphatic rings. The SMILES string of the molecule is C[C@@H]1O[C@H](O[C@H]2[C@@H](O[C@H]3CC[C@]4(C)[C@H]5CC=C6[C@@H]7CC(C)(C)CC[C@]7(C(=O)O)CC[C@@]6(C)[C@]5(C)CC[C@H]4C3(C)C)OC[C@H](O)[C@@H]2O)[C@H](O)[C@H](O)[C@H]1O. The summed E-state index contributed by atoms with van der Waals surface area (Å²) in [5.74, 6) is 0.219. The van der Waals surface area contributed by atoms with E-state index in [1.165, 1.54) is 5.57 Å². The van der Waals surface area contributed by atoms with Crippen LogP contribution in [0.25, 0.3) is 0 Å². The van der Waals surface area contributed by atoms with Crippen molar-refractivity contribution in [2.75, 3.05) is 6.61 Å². The number of carbonyl (C=O) groups is 1. The Balaban J connectivity index is 1.13. The highest BCUT2D eigenvalue weighted by atomic mass is 16.8. The quantitative estimate of drug-likeness (QED) is 0.173. The second-order valence-corrected chi connectivity index (χ2v) is 20.2. The van der Waals surface area contributed by atoms with Crippen LogP contribution in [0.3, 0.4) is 0 Å². The fraction of sp³-hybridized carbons (Fsp3) is 0.927. The summed E-state index contributed by atoms with van der Waals surface area (Å²) in [6, 6.07) is 0. The Morgan fingerprint density at radius 3 is 2.17 bits per heavy atom. The van der Waals surface area contributed by atoms with Crippen molar-refractivity contribution in [1.82, 2.24) is 0 Å². The van der Waals surface area contributed by atoms with Gasteiger partial charge in [-0.1, -0.05) is 60.1 Å². The van der Waals surface area contributed by atoms with E-state index in [9.17, 15) is 35.4 Å². The zero-order valence-corrected chi connectivity index (χ0v) is 32.6. The highest BCUT2D eigenvalue weighted by Crippen LogP contribution is 2.76. The van der Waals surface area contributed by atoms with Crippen molar-refractivity contribution in [2.45, 2.75) is 181 Å². The monoisotopic (exact) mass is 734 g/mol. The summed E-state index contributed by atoms with van der Waals surface area (Å²) in [7, 11) is 0. The number of hydrogen-bond donors (Lipinski definition) is 6. The highest BCUT2D eigenvalue weighted by Gasteiger charge is 2.69. The minimum absolute atomic E-state index is 0.0146. The lowest BCUT2D eigenvalue weighted by Gasteiger charge is -2.71. The first-order valence-corrected chi connectivity index (χ1v) is 20.1. The molecule has 0 bridgehead atoms. The summed E-state index contributed by atoms with van der Waals surface area (Å²) in [6.07, 6.45) is -0.253. The fourth-order valence-electron chi connectivity index (χ4n) is 13.3. The zero-order valence-electron chi connectivity index (χ0n) is 32.6. The summed E-state index contributed by atoms with van der Waals surface area (Å²) in [5, 5.41) is 63.6. The van der Waals surface area contributed by atoms with E-state index in [1.807, 2.05) is 0 Å². The number of carboxylic acid groups (broad SMARTS) is 1. The van der Waals surface area contributed by atoms with Gasteiger partial charge in [-0.3, -0.25) is 4.79 Å². The molecular weight excluding hydrogens is 668 g/mol. The van der Waals surface area contributed by atoms with Crippen molar-refractivity contribution in [3.05, 3.63) is 11.6 Å². The van der Waals surface area contributed by atoms with E-state index in [2.05, 4.69) is 54.5 Å². The molecule has 7 rings (SSSR count). The van der Waals surface area contributed by atoms with E-state index in [-0.39, 0.29) is 45.7 Å². The largest absolute Gasteiger partial charge is 0.481 e. The standard InChI is InChI=1S/C41H66O11/c1-21-28(43)30(45)31(46)33(50-21)52-32-29(44)24(42)20-49-34(32)51-27-12-13-38(6)25(37(27,4)5)11-14-40(8)26(38)10-9-22-23-19-36(2,3)15-17-41(23,35(47)48)18-16-39(22,40)7/h9,21,23-34,42-46H,10-20H2,1-8H3,(H,47,48)/t21-,23-,24-,25-,26+,27-,28-,29-,30+,31+,32+,33+,34+,38-,39+,40+,41-/m0/s1. The van der Waals surface area contributed by atoms with Crippen molar-refractivity contribution in [3.63, 3.8) is 0 Å². The molecule has 6 N–H and O–H groups in total. The lowest BCUT2D eigenvalue weighted by atomic mass is 9.33. The first-order chi connectivity index (χ1) is 24.1. The summed E-state index contributed by atoms with van der Waals surface area (Å²) < 4.78 is 24.5. The number of allylic oxidation sites excluding steroid dienone is 2. The Morgan fingerprint density at radius 2 is 1.48 bits per heavy atom. The molecule has 11 nitrogen and oxygen atoms in total. The summed E-state index contributed by atoms with van der Waals surface area (Å²) in [5.41, 5.74) is 0.579. The molecule has 6 fully saturated rings. The van der Waals surface area contributed by atoms with E-state index in [4.69, 9.17) is 18.9 Å². The molecule has 52 heavy (non-hydrogen) atoms. The predicted octanol–water partition coefficient (Wildman–Crippen LogP) is 4.55. The molecule has 4 saturated carbocycles. The highest BCUT2D eigenvalue weighted by molar-refractivity contribution is 5.76. The molecule has 0 radical (unpaired) electrons. The Labute approximate surface area is 309 Å². The number of fused-ring (bicyclic) bond motifs is 7. The third-order valence-corrected chi connectivity index (χ3v) is 16.8. The van der Waals surface area contributed by atoms with Crippen molar-refractivity contribution in [3.8, 4) is 0 Å². The van der Waals surface area contributed by atoms with Crippen molar-refractivity contribution < 1.29 is 54.4 Å². The van der Waals surface area contributed by atoms with Crippen LogP contribution in [0.2, 0.25) is 0 Å². The molecule has 5 aliphatic carbocycles. The van der Waals surface area contributed by atoms with Crippen LogP contribution >= 0.6 is 0 Å². The van der Waals surface area contributed by atoms with Gasteiger partial charge in [-0.2, -0.15) is 0 Å². The number of hydrogen-bond acceptors (Lipinski definition) is 10. The number of aliphatic hydroxyl groups is 5. The molecule has 0 unspecified atom stereocenters. The summed E-state index contributed by atoms with van der Waals surface area (Å²) >= 11 is 0. The van der Waals surface area contributed by atoms with Gasteiger partial charge >= 0.3 is 5.97 Å². The third-order valence-electron chi connectivity index (χ3n) is 16.8. The van der Waals surface area contributed by atoms with Crippen molar-refractivity contribution in [2.24, 2.45) is 50.2 Å². The van der Waals surface area contributed by atoms with Gasteiger partial charge in [-0.05, 0) is 116 Å². The van der Waals surface area contributed by atoms with Gasteiger partial charge < -0.3 is 49.6 Å². The van der Waals surface area contributed by atoms with E-state index in [0.29, 0.717) is 11.8 Å². The molecule has 0 spiro atoms. The Bertz CT molecular complexity index is 1410. The van der Waals surface area contributed by atoms with Gasteiger partial charge in [-0.15, -0.1) is 0 Å². The number of carboxylic acids is 1. The van der Waals surface area contributed by atoms with Gasteiger partial charge in [0, 0.05) is 0 Å². The molecule has 17 atom stereocenters. The van der Waals surface area contributed by atoms with Crippen LogP contribution in [0.4, 0.5) is 0 Å². The molecule has 296 valence electrons. The van der Waals surface area contributed by atoms with Gasteiger partial charge in [-0.25, -0.2) is 0 Å². The third kappa shape index (κ3) is 5.64. The smallest absolute Gasteiger partial charge is 0.310 e. The van der Waals surface area contributed by atoms with E-state index < -0.39 is 66.7 Å². The first kappa shape index (κ1) is 39.1. The zero-order chi connectivity index (χ0) is 38.0. The maximum atomic E-state index is 13.0. The summed E-state index contributed by atoms with van der Waals surface area (Å²) in [4.78, 5) is 13.0. The number of rotatable bonds is 5. The average Bonchev–Trinajstić information content (AvgIpc) is 3.06. The van der Waals surface area contributed by atoms with Crippen LogP contribution in [-0.4, -0.2) is 105 Å². The predicted molar refractivity (Wildman–Crippen MR) is 191 cm³/mol. The van der Waals surface area contributed by atoms with Crippen LogP contribution in [0.1, 0.15) is 120 Å². The van der Waals surface area contributed by atoms with Crippen LogP contribution in [-0.2, 0) is 23.7 Å². The Hall–Kier alpha value is -1.15. The normalized spacial score (nSPS) is 54.1. The molecule has 2 heterocycles. The van der Waals surface area contributed by atoms with Gasteiger partial charge in [0.25, 0.3) is 0 Å². The van der Waals surface area contributed by atoms with E-state index in [1.54, 1.807) is 6.92 Å². The Morgan fingerprint density at radius 1 is 0.788 bits per heavy atom. The van der Waals surface area contributed by atoms with E-state index >= 15 is 0 Å². The molecule has 0 aromatic heterocycles. The molecule has 2 saturated heterocycles. The average molecular weight is 735 g/mol. The molecule has 11 heteroatoms. The minimum Gasteiger partial charge on any atom is -0.481 e. The van der Waals surface area contributed by atoms with Crippen LogP contribution in [0.5, 0.6) is 0 Å². The topological polar surface area (TPSA) is 175 Å². The van der Waals surface area contributed by atoms with Crippen molar-refractivity contribution in [1.29, 1.82) is 0 Å².